The molecule has 0 unspecified atom stereocenters. The number of aliphatic imine (C=N–C) groups is 1. The molecule has 8 heteroatoms. The monoisotopic (exact) mass is 502 g/mol. The lowest BCUT2D eigenvalue weighted by Gasteiger charge is -2.16. The van der Waals surface area contributed by atoms with Crippen molar-refractivity contribution in [1.82, 2.24) is 4.90 Å². The molecule has 0 radical (unpaired) electrons. The Hall–Kier alpha value is -4.04. The summed E-state index contributed by atoms with van der Waals surface area (Å²) in [5.74, 6) is -0.632. The highest BCUT2D eigenvalue weighted by Gasteiger charge is 2.33. The van der Waals surface area contributed by atoms with Crippen LogP contribution in [-0.4, -0.2) is 46.8 Å². The van der Waals surface area contributed by atoms with Gasteiger partial charge in [0, 0.05) is 12.1 Å². The number of methoxy groups -OCH3 is 1. The Labute approximate surface area is 214 Å². The fourth-order valence-corrected chi connectivity index (χ4v) is 4.60. The lowest BCUT2D eigenvalue weighted by atomic mass is 10.1. The number of ether oxygens (including phenoxy) is 2. The number of rotatable bonds is 9. The number of hydrogen-bond donors (Lipinski definition) is 1. The third-order valence-corrected chi connectivity index (χ3v) is 6.50. The van der Waals surface area contributed by atoms with E-state index in [9.17, 15) is 14.7 Å². The summed E-state index contributed by atoms with van der Waals surface area (Å²) in [6.07, 6.45) is 1.28. The standard InChI is InChI=1S/C28H26N2O5S/c1-19(27(32)33)35-25-21(12-9-15-23(25)34-2)18-24-26(31)30(17-16-20-10-5-3-6-11-20)28(36-24)29-22-13-7-4-8-14-22/h3-15,18-19H,16-17H2,1-2H3,(H,32,33)/b24-18-,29-28?/t19-/m1/s1. The van der Waals surface area contributed by atoms with E-state index in [1.54, 1.807) is 29.2 Å². The Morgan fingerprint density at radius 3 is 2.42 bits per heavy atom. The van der Waals surface area contributed by atoms with E-state index >= 15 is 0 Å². The maximum atomic E-state index is 13.5. The minimum Gasteiger partial charge on any atom is -0.493 e. The van der Waals surface area contributed by atoms with E-state index in [1.165, 1.54) is 25.8 Å². The first kappa shape index (κ1) is 25.1. The van der Waals surface area contributed by atoms with Crippen LogP contribution in [0, 0.1) is 0 Å². The zero-order valence-corrected chi connectivity index (χ0v) is 20.8. The summed E-state index contributed by atoms with van der Waals surface area (Å²) in [4.78, 5) is 31.8. The second-order valence-corrected chi connectivity index (χ2v) is 9.02. The van der Waals surface area contributed by atoms with Crippen molar-refractivity contribution in [2.24, 2.45) is 4.99 Å². The number of amidine groups is 1. The molecular formula is C28H26N2O5S. The number of carbonyl (C=O) groups excluding carboxylic acids is 1. The van der Waals surface area contributed by atoms with Gasteiger partial charge in [-0.15, -0.1) is 0 Å². The van der Waals surface area contributed by atoms with E-state index in [0.717, 1.165) is 11.3 Å². The molecule has 1 saturated heterocycles. The van der Waals surface area contributed by atoms with E-state index in [4.69, 9.17) is 14.5 Å². The van der Waals surface area contributed by atoms with E-state index in [0.29, 0.717) is 34.4 Å². The molecule has 1 aliphatic rings. The molecule has 0 spiro atoms. The molecule has 0 aliphatic carbocycles. The van der Waals surface area contributed by atoms with Crippen LogP contribution in [0.3, 0.4) is 0 Å². The molecule has 0 bridgehead atoms. The third kappa shape index (κ3) is 5.95. The molecule has 1 aliphatic heterocycles. The van der Waals surface area contributed by atoms with Crippen LogP contribution in [0.2, 0.25) is 0 Å². The van der Waals surface area contributed by atoms with Crippen molar-refractivity contribution < 1.29 is 24.2 Å². The zero-order valence-electron chi connectivity index (χ0n) is 20.0. The molecule has 7 nitrogen and oxygen atoms in total. The minimum atomic E-state index is -1.10. The van der Waals surface area contributed by atoms with Crippen molar-refractivity contribution in [1.29, 1.82) is 0 Å². The predicted octanol–water partition coefficient (Wildman–Crippen LogP) is 5.39. The third-order valence-electron chi connectivity index (χ3n) is 5.49. The van der Waals surface area contributed by atoms with Gasteiger partial charge < -0.3 is 14.6 Å². The Balaban J connectivity index is 1.69. The predicted molar refractivity (Wildman–Crippen MR) is 142 cm³/mol. The number of para-hydroxylation sites is 2. The quantitative estimate of drug-likeness (QED) is 0.395. The molecule has 1 atom stereocenters. The van der Waals surface area contributed by atoms with Crippen LogP contribution in [-0.2, 0) is 16.0 Å². The summed E-state index contributed by atoms with van der Waals surface area (Å²) < 4.78 is 11.1. The Morgan fingerprint density at radius 1 is 1.06 bits per heavy atom. The maximum Gasteiger partial charge on any atom is 0.344 e. The van der Waals surface area contributed by atoms with Gasteiger partial charge in [0.2, 0.25) is 0 Å². The Kier molecular flexibility index (Phi) is 8.07. The van der Waals surface area contributed by atoms with Gasteiger partial charge in [0.25, 0.3) is 5.91 Å². The van der Waals surface area contributed by atoms with Gasteiger partial charge in [-0.05, 0) is 54.9 Å². The molecule has 1 heterocycles. The van der Waals surface area contributed by atoms with Crippen LogP contribution in [0.1, 0.15) is 18.1 Å². The first-order chi connectivity index (χ1) is 17.5. The number of carboxylic acids is 1. The Morgan fingerprint density at radius 2 is 1.75 bits per heavy atom. The molecule has 4 rings (SSSR count). The number of aliphatic carboxylic acids is 1. The molecule has 0 saturated carbocycles. The van der Waals surface area contributed by atoms with Crippen LogP contribution in [0.15, 0.2) is 88.8 Å². The summed E-state index contributed by atoms with van der Waals surface area (Å²) >= 11 is 1.27. The van der Waals surface area contributed by atoms with Gasteiger partial charge in [0.1, 0.15) is 0 Å². The van der Waals surface area contributed by atoms with Crippen molar-refractivity contribution in [3.63, 3.8) is 0 Å². The number of carbonyl (C=O) groups is 2. The lowest BCUT2D eigenvalue weighted by molar-refractivity contribution is -0.144. The van der Waals surface area contributed by atoms with Crippen LogP contribution in [0.4, 0.5) is 5.69 Å². The Bertz CT molecular complexity index is 1290. The smallest absolute Gasteiger partial charge is 0.344 e. The van der Waals surface area contributed by atoms with E-state index in [-0.39, 0.29) is 11.7 Å². The highest BCUT2D eigenvalue weighted by molar-refractivity contribution is 8.18. The number of carboxylic acid groups (broad SMARTS) is 1. The fraction of sp³-hybridized carbons (Fsp3) is 0.179. The fourth-order valence-electron chi connectivity index (χ4n) is 3.59. The average Bonchev–Trinajstić information content (AvgIpc) is 3.18. The number of thioether (sulfide) groups is 1. The second kappa shape index (κ2) is 11.6. The molecule has 3 aromatic carbocycles. The molecule has 1 N–H and O–H groups in total. The highest BCUT2D eigenvalue weighted by Crippen LogP contribution is 2.38. The van der Waals surface area contributed by atoms with Crippen molar-refractivity contribution >= 4 is 40.6 Å². The maximum absolute atomic E-state index is 13.5. The van der Waals surface area contributed by atoms with Crippen molar-refractivity contribution in [3.05, 3.63) is 94.9 Å². The van der Waals surface area contributed by atoms with Crippen LogP contribution in [0.5, 0.6) is 11.5 Å². The minimum absolute atomic E-state index is 0.175. The van der Waals surface area contributed by atoms with Gasteiger partial charge in [-0.2, -0.15) is 0 Å². The van der Waals surface area contributed by atoms with Gasteiger partial charge in [-0.3, -0.25) is 9.69 Å². The van der Waals surface area contributed by atoms with Gasteiger partial charge in [-0.1, -0.05) is 60.7 Å². The highest BCUT2D eigenvalue weighted by atomic mass is 32.2. The van der Waals surface area contributed by atoms with E-state index in [2.05, 4.69) is 0 Å². The first-order valence-corrected chi connectivity index (χ1v) is 12.2. The molecule has 3 aromatic rings. The normalized spacial score (nSPS) is 16.4. The summed E-state index contributed by atoms with van der Waals surface area (Å²) in [7, 11) is 1.48. The summed E-state index contributed by atoms with van der Waals surface area (Å²) in [5.41, 5.74) is 2.42. The SMILES string of the molecule is COc1cccc(/C=C2\SC(=Nc3ccccc3)N(CCc3ccccc3)C2=O)c1O[C@H](C)C(=O)O. The van der Waals surface area contributed by atoms with Crippen molar-refractivity contribution in [3.8, 4) is 11.5 Å². The summed E-state index contributed by atoms with van der Waals surface area (Å²) in [5, 5.41) is 9.91. The summed E-state index contributed by atoms with van der Waals surface area (Å²) in [6.45, 7) is 1.91. The first-order valence-electron chi connectivity index (χ1n) is 11.4. The summed E-state index contributed by atoms with van der Waals surface area (Å²) in [6, 6.07) is 24.7. The number of hydrogen-bond acceptors (Lipinski definition) is 6. The molecule has 1 amide bonds. The van der Waals surface area contributed by atoms with E-state index in [1.807, 2.05) is 60.7 Å². The number of benzene rings is 3. The van der Waals surface area contributed by atoms with Gasteiger partial charge >= 0.3 is 5.97 Å². The molecule has 0 aromatic heterocycles. The molecule has 1 fully saturated rings. The van der Waals surface area contributed by atoms with Gasteiger partial charge in [-0.25, -0.2) is 9.79 Å². The average molecular weight is 503 g/mol. The largest absolute Gasteiger partial charge is 0.493 e. The van der Waals surface area contributed by atoms with E-state index < -0.39 is 12.1 Å². The van der Waals surface area contributed by atoms with Gasteiger partial charge in [0.05, 0.1) is 17.7 Å². The van der Waals surface area contributed by atoms with Crippen molar-refractivity contribution in [2.45, 2.75) is 19.4 Å². The zero-order chi connectivity index (χ0) is 25.5. The topological polar surface area (TPSA) is 88.4 Å². The number of nitrogens with zero attached hydrogens (tertiary/aromatic N) is 2. The molecular weight excluding hydrogens is 476 g/mol. The van der Waals surface area contributed by atoms with Crippen LogP contribution < -0.4 is 9.47 Å². The second-order valence-electron chi connectivity index (χ2n) is 8.01. The molecule has 184 valence electrons. The lowest BCUT2D eigenvalue weighted by Crippen LogP contribution is -2.31. The van der Waals surface area contributed by atoms with Crippen LogP contribution in [0.25, 0.3) is 6.08 Å². The number of amides is 1. The van der Waals surface area contributed by atoms with Crippen molar-refractivity contribution in [2.75, 3.05) is 13.7 Å². The van der Waals surface area contributed by atoms with Crippen LogP contribution >= 0.6 is 11.8 Å². The van der Waals surface area contributed by atoms with Gasteiger partial charge in [0.15, 0.2) is 22.8 Å². The molecule has 36 heavy (non-hydrogen) atoms.